The van der Waals surface area contributed by atoms with Crippen LogP contribution in [0.15, 0.2) is 23.5 Å². The first-order valence-corrected chi connectivity index (χ1v) is 9.09. The highest BCUT2D eigenvalue weighted by Gasteiger charge is 2.46. The van der Waals surface area contributed by atoms with Crippen LogP contribution in [0.5, 0.6) is 0 Å². The minimum absolute atomic E-state index is 0.489. The van der Waals surface area contributed by atoms with Gasteiger partial charge in [0.1, 0.15) is 5.82 Å². The quantitative estimate of drug-likeness (QED) is 0.631. The molecule has 2 atom stereocenters. The van der Waals surface area contributed by atoms with Crippen LogP contribution in [-0.4, -0.2) is 51.4 Å². The molecule has 2 bridgehead atoms. The lowest BCUT2D eigenvalue weighted by Crippen LogP contribution is -2.69. The Morgan fingerprint density at radius 2 is 1.78 bits per heavy atom. The van der Waals surface area contributed by atoms with E-state index >= 15 is 0 Å². The van der Waals surface area contributed by atoms with Crippen LogP contribution < -0.4 is 9.80 Å². The Morgan fingerprint density at radius 3 is 2.43 bits per heavy atom. The third-order valence-corrected chi connectivity index (χ3v) is 5.07. The number of piperidine rings is 1. The first kappa shape index (κ1) is 14.7. The van der Waals surface area contributed by atoms with E-state index in [2.05, 4.69) is 29.7 Å². The molecular weight excluding hydrogens is 308 g/mol. The molecule has 3 fully saturated rings. The van der Waals surface area contributed by atoms with Gasteiger partial charge >= 0.3 is 0 Å². The van der Waals surface area contributed by atoms with Crippen molar-refractivity contribution < 1.29 is 0 Å². The maximum atomic E-state index is 4.65. The van der Waals surface area contributed by atoms with Crippen molar-refractivity contribution in [3.05, 3.63) is 29.7 Å². The molecule has 7 heteroatoms. The molecule has 23 heavy (non-hydrogen) atoms. The lowest BCUT2D eigenvalue weighted by molar-refractivity contribution is 0.286. The minimum atomic E-state index is 0.489. The Labute approximate surface area is 140 Å². The van der Waals surface area contributed by atoms with E-state index in [0.29, 0.717) is 12.1 Å². The molecule has 120 valence electrons. The summed E-state index contributed by atoms with van der Waals surface area (Å²) in [7, 11) is 0. The molecule has 5 rings (SSSR count). The van der Waals surface area contributed by atoms with Gasteiger partial charge in [0.2, 0.25) is 5.95 Å². The van der Waals surface area contributed by atoms with Crippen LogP contribution in [0.3, 0.4) is 0 Å². The molecule has 0 spiro atoms. The zero-order valence-corrected chi connectivity index (χ0v) is 14.4. The van der Waals surface area contributed by atoms with E-state index in [1.165, 1.54) is 6.42 Å². The van der Waals surface area contributed by atoms with Gasteiger partial charge in [-0.25, -0.2) is 19.9 Å². The Hall–Kier alpha value is -1.89. The number of hydrogen-bond acceptors (Lipinski definition) is 7. The fourth-order valence-electron chi connectivity index (χ4n) is 3.57. The normalized spacial score (nSPS) is 22.9. The predicted octanol–water partition coefficient (Wildman–Crippen LogP) is 2.07. The van der Waals surface area contributed by atoms with Crippen molar-refractivity contribution >= 4 is 23.5 Å². The van der Waals surface area contributed by atoms with E-state index in [1.807, 2.05) is 38.4 Å². The van der Waals surface area contributed by atoms with E-state index in [0.717, 1.165) is 41.4 Å². The largest absolute Gasteiger partial charge is 0.347 e. The zero-order valence-electron chi connectivity index (χ0n) is 13.6. The molecule has 2 unspecified atom stereocenters. The van der Waals surface area contributed by atoms with E-state index in [9.17, 15) is 0 Å². The first-order valence-electron chi connectivity index (χ1n) is 7.86. The van der Waals surface area contributed by atoms with Gasteiger partial charge in [0, 0.05) is 30.7 Å². The third kappa shape index (κ3) is 2.63. The molecule has 0 amide bonds. The maximum absolute atomic E-state index is 4.65. The summed E-state index contributed by atoms with van der Waals surface area (Å²) in [6.07, 6.45) is 5.09. The summed E-state index contributed by atoms with van der Waals surface area (Å²) in [5, 5.41) is 0.835. The minimum Gasteiger partial charge on any atom is -0.347 e. The molecule has 3 aliphatic heterocycles. The van der Waals surface area contributed by atoms with Crippen molar-refractivity contribution in [3.8, 4) is 0 Å². The highest BCUT2D eigenvalue weighted by Crippen LogP contribution is 2.37. The van der Waals surface area contributed by atoms with Crippen LogP contribution >= 0.6 is 11.8 Å². The summed E-state index contributed by atoms with van der Waals surface area (Å²) in [4.78, 5) is 22.9. The number of anilines is 2. The van der Waals surface area contributed by atoms with Crippen molar-refractivity contribution in [2.75, 3.05) is 29.1 Å². The SMILES string of the molecule is CSc1nccc(N2C3CC2CN(c2nc(C)cc(C)n2)C3)n1. The Morgan fingerprint density at radius 1 is 1.09 bits per heavy atom. The van der Waals surface area contributed by atoms with Crippen LogP contribution in [0.1, 0.15) is 17.8 Å². The topological polar surface area (TPSA) is 58.0 Å². The number of piperazine rings is 1. The number of rotatable bonds is 3. The van der Waals surface area contributed by atoms with Gasteiger partial charge in [0.25, 0.3) is 0 Å². The lowest BCUT2D eigenvalue weighted by Gasteiger charge is -2.56. The fraction of sp³-hybridized carbons (Fsp3) is 0.500. The molecule has 0 saturated carbocycles. The van der Waals surface area contributed by atoms with Crippen LogP contribution in [0.4, 0.5) is 11.8 Å². The number of thioether (sulfide) groups is 1. The maximum Gasteiger partial charge on any atom is 0.225 e. The summed E-state index contributed by atoms with van der Waals surface area (Å²) in [5.41, 5.74) is 2.06. The summed E-state index contributed by atoms with van der Waals surface area (Å²) < 4.78 is 0. The Bertz CT molecular complexity index is 704. The molecule has 3 saturated heterocycles. The van der Waals surface area contributed by atoms with Gasteiger partial charge in [0.05, 0.1) is 12.1 Å². The summed E-state index contributed by atoms with van der Waals surface area (Å²) in [6, 6.07) is 5.01. The zero-order chi connectivity index (χ0) is 16.0. The highest BCUT2D eigenvalue weighted by molar-refractivity contribution is 7.98. The van der Waals surface area contributed by atoms with Crippen molar-refractivity contribution in [3.63, 3.8) is 0 Å². The number of hydrogen-bond donors (Lipinski definition) is 0. The van der Waals surface area contributed by atoms with Crippen molar-refractivity contribution in [2.24, 2.45) is 0 Å². The third-order valence-electron chi connectivity index (χ3n) is 4.51. The van der Waals surface area contributed by atoms with Gasteiger partial charge in [0.15, 0.2) is 5.16 Å². The predicted molar refractivity (Wildman–Crippen MR) is 92.2 cm³/mol. The molecule has 0 N–H and O–H groups in total. The van der Waals surface area contributed by atoms with Gasteiger partial charge in [-0.05, 0) is 38.7 Å². The van der Waals surface area contributed by atoms with Crippen LogP contribution in [0.2, 0.25) is 0 Å². The van der Waals surface area contributed by atoms with Gasteiger partial charge < -0.3 is 9.80 Å². The lowest BCUT2D eigenvalue weighted by atomic mass is 9.87. The Kier molecular flexibility index (Phi) is 3.60. The second kappa shape index (κ2) is 5.63. The number of fused-ring (bicyclic) bond motifs is 2. The summed E-state index contributed by atoms with van der Waals surface area (Å²) in [5.74, 6) is 1.91. The van der Waals surface area contributed by atoms with Gasteiger partial charge in [-0.2, -0.15) is 0 Å². The summed E-state index contributed by atoms with van der Waals surface area (Å²) in [6.45, 7) is 5.97. The standard InChI is InChI=1S/C16H20N6S/c1-10-6-11(2)19-15(18-10)21-8-12-7-13(9-21)22(12)14-4-5-17-16(20-14)23-3/h4-6,12-13H,7-9H2,1-3H3. The number of aromatic nitrogens is 4. The van der Waals surface area contributed by atoms with Crippen LogP contribution in [0, 0.1) is 13.8 Å². The average molecular weight is 328 g/mol. The van der Waals surface area contributed by atoms with Crippen LogP contribution in [-0.2, 0) is 0 Å². The average Bonchev–Trinajstić information content (AvgIpc) is 2.54. The number of aryl methyl sites for hydroxylation is 2. The van der Waals surface area contributed by atoms with Crippen LogP contribution in [0.25, 0.3) is 0 Å². The monoisotopic (exact) mass is 328 g/mol. The molecule has 2 aromatic heterocycles. The fourth-order valence-corrected chi connectivity index (χ4v) is 3.92. The Balaban J connectivity index is 1.54. The van der Waals surface area contributed by atoms with Crippen molar-refractivity contribution in [1.29, 1.82) is 0 Å². The second-order valence-corrected chi connectivity index (χ2v) is 6.98. The summed E-state index contributed by atoms with van der Waals surface area (Å²) >= 11 is 1.58. The van der Waals surface area contributed by atoms with Crippen molar-refractivity contribution in [2.45, 2.75) is 37.5 Å². The highest BCUT2D eigenvalue weighted by atomic mass is 32.2. The molecule has 0 aliphatic carbocycles. The number of nitrogens with zero attached hydrogens (tertiary/aromatic N) is 6. The second-order valence-electron chi connectivity index (χ2n) is 6.21. The molecule has 5 heterocycles. The van der Waals surface area contributed by atoms with Gasteiger partial charge in [-0.1, -0.05) is 11.8 Å². The molecule has 6 nitrogen and oxygen atoms in total. The molecule has 0 aromatic carbocycles. The van der Waals surface area contributed by atoms with E-state index in [4.69, 9.17) is 0 Å². The molecule has 3 aliphatic rings. The van der Waals surface area contributed by atoms with Gasteiger partial charge in [-0.15, -0.1) is 0 Å². The molecule has 2 aromatic rings. The first-order chi connectivity index (χ1) is 11.1. The molecular formula is C16H20N6S. The van der Waals surface area contributed by atoms with E-state index < -0.39 is 0 Å². The van der Waals surface area contributed by atoms with E-state index in [1.54, 1.807) is 11.8 Å². The van der Waals surface area contributed by atoms with E-state index in [-0.39, 0.29) is 0 Å². The van der Waals surface area contributed by atoms with Gasteiger partial charge in [-0.3, -0.25) is 0 Å². The molecule has 0 radical (unpaired) electrons. The van der Waals surface area contributed by atoms with Crippen molar-refractivity contribution in [1.82, 2.24) is 19.9 Å². The smallest absolute Gasteiger partial charge is 0.225 e.